The van der Waals surface area contributed by atoms with Crippen LogP contribution in [0.2, 0.25) is 0 Å². The molecule has 2 aromatic carbocycles. The van der Waals surface area contributed by atoms with Crippen molar-refractivity contribution >= 4 is 5.97 Å². The van der Waals surface area contributed by atoms with E-state index in [1.54, 1.807) is 18.2 Å². The molecular formula is C20H22F3NO3. The predicted molar refractivity (Wildman–Crippen MR) is 96.6 cm³/mol. The van der Waals surface area contributed by atoms with Crippen molar-refractivity contribution in [1.29, 1.82) is 0 Å². The third-order valence-electron chi connectivity index (χ3n) is 4.03. The van der Waals surface area contributed by atoms with Crippen LogP contribution in [0.5, 0.6) is 5.75 Å². The monoisotopic (exact) mass is 381 g/mol. The first-order valence-electron chi connectivity index (χ1n) is 8.34. The third kappa shape index (κ3) is 5.99. The highest BCUT2D eigenvalue weighted by Crippen LogP contribution is 2.34. The first-order chi connectivity index (χ1) is 12.7. The lowest BCUT2D eigenvalue weighted by atomic mass is 9.95. The molecule has 0 spiro atoms. The zero-order chi connectivity index (χ0) is 20.0. The minimum absolute atomic E-state index is 0.0565. The van der Waals surface area contributed by atoms with E-state index < -0.39 is 12.7 Å². The normalized spacial score (nSPS) is 11.3. The second-order valence-corrected chi connectivity index (χ2v) is 6.17. The Morgan fingerprint density at radius 3 is 2.44 bits per heavy atom. The van der Waals surface area contributed by atoms with Gasteiger partial charge in [-0.3, -0.25) is 4.79 Å². The Morgan fingerprint density at radius 1 is 1.07 bits per heavy atom. The molecule has 7 heteroatoms. The van der Waals surface area contributed by atoms with E-state index in [4.69, 9.17) is 9.47 Å². The van der Waals surface area contributed by atoms with E-state index in [1.807, 2.05) is 25.1 Å². The van der Waals surface area contributed by atoms with Gasteiger partial charge in [-0.2, -0.15) is 13.2 Å². The molecule has 1 N–H and O–H groups in total. The molecule has 0 fully saturated rings. The summed E-state index contributed by atoms with van der Waals surface area (Å²) in [6.45, 7) is 0.864. The predicted octanol–water partition coefficient (Wildman–Crippen LogP) is 4.04. The molecule has 0 heterocycles. The largest absolute Gasteiger partial charge is 0.496 e. The number of halogens is 3. The highest BCUT2D eigenvalue weighted by molar-refractivity contribution is 5.77. The van der Waals surface area contributed by atoms with E-state index in [0.29, 0.717) is 16.9 Å². The third-order valence-corrected chi connectivity index (χ3v) is 4.03. The van der Waals surface area contributed by atoms with E-state index >= 15 is 0 Å². The molecule has 0 radical (unpaired) electrons. The number of nitrogens with one attached hydrogen (secondary N) is 1. The highest BCUT2D eigenvalue weighted by Gasteiger charge is 2.26. The summed E-state index contributed by atoms with van der Waals surface area (Å²) in [7, 11) is 2.84. The average Bonchev–Trinajstić information content (AvgIpc) is 2.60. The van der Waals surface area contributed by atoms with Gasteiger partial charge in [0.15, 0.2) is 0 Å². The maximum atomic E-state index is 12.5. The van der Waals surface area contributed by atoms with Gasteiger partial charge in [0.25, 0.3) is 0 Å². The molecule has 2 aromatic rings. The van der Waals surface area contributed by atoms with Crippen LogP contribution in [-0.2, 0) is 22.5 Å². The summed E-state index contributed by atoms with van der Waals surface area (Å²) in [5, 5.41) is 2.43. The molecule has 146 valence electrons. The van der Waals surface area contributed by atoms with Crippen LogP contribution in [0.1, 0.15) is 16.7 Å². The summed E-state index contributed by atoms with van der Waals surface area (Å²) < 4.78 is 47.5. The number of alkyl halides is 3. The lowest BCUT2D eigenvalue weighted by Crippen LogP contribution is -2.28. The van der Waals surface area contributed by atoms with Crippen molar-refractivity contribution in [3.05, 3.63) is 53.1 Å². The molecule has 0 unspecified atom stereocenters. The standard InChI is InChI=1S/C20H22F3NO3/c1-13-4-6-16(15(8-13)11-24-12-20(21,22)23)17-9-14(10-19(25)27-3)5-7-18(17)26-2/h4-9,24H,10-12H2,1-3H3. The van der Waals surface area contributed by atoms with Gasteiger partial charge in [-0.1, -0.05) is 29.8 Å². The molecule has 0 saturated heterocycles. The Hall–Kier alpha value is -2.54. The van der Waals surface area contributed by atoms with Gasteiger partial charge < -0.3 is 14.8 Å². The first-order valence-corrected chi connectivity index (χ1v) is 8.34. The van der Waals surface area contributed by atoms with Crippen LogP contribution in [0.3, 0.4) is 0 Å². The molecule has 0 amide bonds. The van der Waals surface area contributed by atoms with Crippen LogP contribution in [-0.4, -0.2) is 32.9 Å². The lowest BCUT2D eigenvalue weighted by Gasteiger charge is -2.16. The van der Waals surface area contributed by atoms with Gasteiger partial charge in [0.1, 0.15) is 5.75 Å². The molecule has 0 aromatic heterocycles. The zero-order valence-corrected chi connectivity index (χ0v) is 15.4. The number of carbonyl (C=O) groups excluding carboxylic acids is 1. The van der Waals surface area contributed by atoms with Gasteiger partial charge in [0.05, 0.1) is 27.2 Å². The summed E-state index contributed by atoms with van der Waals surface area (Å²) in [4.78, 5) is 11.6. The van der Waals surface area contributed by atoms with E-state index in [-0.39, 0.29) is 18.9 Å². The van der Waals surface area contributed by atoms with Crippen LogP contribution >= 0.6 is 0 Å². The molecular weight excluding hydrogens is 359 g/mol. The fraction of sp³-hybridized carbons (Fsp3) is 0.350. The Labute approximate surface area is 156 Å². The number of hydrogen-bond acceptors (Lipinski definition) is 4. The van der Waals surface area contributed by atoms with Crippen molar-refractivity contribution in [2.75, 3.05) is 20.8 Å². The second kappa shape index (κ2) is 8.90. The van der Waals surface area contributed by atoms with E-state index in [0.717, 1.165) is 16.7 Å². The summed E-state index contributed by atoms with van der Waals surface area (Å²) in [5.41, 5.74) is 3.84. The maximum Gasteiger partial charge on any atom is 0.401 e. The number of carbonyl (C=O) groups is 1. The number of ether oxygens (including phenoxy) is 2. The van der Waals surface area contributed by atoms with Crippen molar-refractivity contribution in [2.45, 2.75) is 26.1 Å². The lowest BCUT2D eigenvalue weighted by molar-refractivity contribution is -0.139. The Kier molecular flexibility index (Phi) is 6.85. The van der Waals surface area contributed by atoms with Crippen molar-refractivity contribution in [3.8, 4) is 16.9 Å². The number of esters is 1. The fourth-order valence-corrected chi connectivity index (χ4v) is 2.78. The quantitative estimate of drug-likeness (QED) is 0.736. The van der Waals surface area contributed by atoms with Crippen LogP contribution < -0.4 is 10.1 Å². The van der Waals surface area contributed by atoms with E-state index in [9.17, 15) is 18.0 Å². The number of rotatable bonds is 7. The second-order valence-electron chi connectivity index (χ2n) is 6.17. The smallest absolute Gasteiger partial charge is 0.401 e. The van der Waals surface area contributed by atoms with Gasteiger partial charge >= 0.3 is 12.1 Å². The highest BCUT2D eigenvalue weighted by atomic mass is 19.4. The van der Waals surface area contributed by atoms with Crippen LogP contribution in [0.4, 0.5) is 13.2 Å². The van der Waals surface area contributed by atoms with Gasteiger partial charge in [-0.05, 0) is 35.7 Å². The topological polar surface area (TPSA) is 47.6 Å². The van der Waals surface area contributed by atoms with Crippen molar-refractivity contribution < 1.29 is 27.4 Å². The minimum atomic E-state index is -4.28. The van der Waals surface area contributed by atoms with Crippen LogP contribution in [0.15, 0.2) is 36.4 Å². The molecule has 0 aliphatic rings. The van der Waals surface area contributed by atoms with Crippen molar-refractivity contribution in [3.63, 3.8) is 0 Å². The molecule has 0 aliphatic carbocycles. The molecule has 2 rings (SSSR count). The first kappa shape index (κ1) is 20.8. The van der Waals surface area contributed by atoms with Gasteiger partial charge in [0, 0.05) is 12.1 Å². The molecule has 0 atom stereocenters. The van der Waals surface area contributed by atoms with Crippen molar-refractivity contribution in [2.24, 2.45) is 0 Å². The number of hydrogen-bond donors (Lipinski definition) is 1. The van der Waals surface area contributed by atoms with Gasteiger partial charge in [0.2, 0.25) is 0 Å². The number of benzene rings is 2. The molecule has 0 bridgehead atoms. The summed E-state index contributed by atoms with van der Waals surface area (Å²) >= 11 is 0. The molecule has 0 saturated carbocycles. The summed E-state index contributed by atoms with van der Waals surface area (Å²) in [5.74, 6) is 0.201. The Balaban J connectivity index is 2.40. The maximum absolute atomic E-state index is 12.5. The van der Waals surface area contributed by atoms with E-state index in [1.165, 1.54) is 14.2 Å². The number of methoxy groups -OCH3 is 2. The molecule has 0 aliphatic heterocycles. The van der Waals surface area contributed by atoms with Crippen LogP contribution in [0, 0.1) is 6.92 Å². The Bertz CT molecular complexity index is 804. The van der Waals surface area contributed by atoms with Gasteiger partial charge in [-0.25, -0.2) is 0 Å². The SMILES string of the molecule is COC(=O)Cc1ccc(OC)c(-c2ccc(C)cc2CNCC(F)(F)F)c1. The zero-order valence-electron chi connectivity index (χ0n) is 15.4. The molecule has 27 heavy (non-hydrogen) atoms. The van der Waals surface area contributed by atoms with Crippen LogP contribution in [0.25, 0.3) is 11.1 Å². The van der Waals surface area contributed by atoms with E-state index in [2.05, 4.69) is 5.32 Å². The average molecular weight is 381 g/mol. The summed E-state index contributed by atoms with van der Waals surface area (Å²) in [6.07, 6.45) is -4.18. The van der Waals surface area contributed by atoms with Gasteiger partial charge in [-0.15, -0.1) is 0 Å². The van der Waals surface area contributed by atoms with Crippen molar-refractivity contribution in [1.82, 2.24) is 5.32 Å². The number of aryl methyl sites for hydroxylation is 1. The minimum Gasteiger partial charge on any atom is -0.496 e. The Morgan fingerprint density at radius 2 is 1.81 bits per heavy atom. The molecule has 4 nitrogen and oxygen atoms in total. The fourth-order valence-electron chi connectivity index (χ4n) is 2.78. The summed E-state index contributed by atoms with van der Waals surface area (Å²) in [6, 6.07) is 10.9.